The molecule has 4 heteroatoms. The molecule has 4 nitrogen and oxygen atoms in total. The second-order valence-electron chi connectivity index (χ2n) is 2.99. The van der Waals surface area contributed by atoms with Crippen molar-refractivity contribution < 1.29 is 14.3 Å². The maximum atomic E-state index is 11.2. The van der Waals surface area contributed by atoms with Crippen LogP contribution in [-0.4, -0.2) is 18.5 Å². The van der Waals surface area contributed by atoms with Crippen LogP contribution in [0.3, 0.4) is 0 Å². The van der Waals surface area contributed by atoms with Crippen molar-refractivity contribution in [3.05, 3.63) is 0 Å². The van der Waals surface area contributed by atoms with Crippen LogP contribution in [0.5, 0.6) is 0 Å². The molecule has 0 rings (SSSR count). The molecule has 0 aromatic heterocycles. The van der Waals surface area contributed by atoms with Gasteiger partial charge in [-0.15, -0.1) is 0 Å². The van der Waals surface area contributed by atoms with Gasteiger partial charge in [-0.3, -0.25) is 9.59 Å². The number of unbranched alkanes of at least 4 members (excludes halogenated alkanes) is 1. The van der Waals surface area contributed by atoms with Crippen LogP contribution in [-0.2, 0) is 14.3 Å². The molecule has 1 unspecified atom stereocenters. The van der Waals surface area contributed by atoms with Gasteiger partial charge in [-0.05, 0) is 6.42 Å². The molecule has 0 saturated carbocycles. The van der Waals surface area contributed by atoms with Gasteiger partial charge in [0.1, 0.15) is 0 Å². The van der Waals surface area contributed by atoms with E-state index in [0.717, 1.165) is 12.8 Å². The molecule has 0 aliphatic heterocycles. The number of ether oxygens (including phenoxy) is 1. The first-order chi connectivity index (χ1) is 6.11. The maximum absolute atomic E-state index is 11.2. The molecule has 0 aliphatic rings. The lowest BCUT2D eigenvalue weighted by molar-refractivity contribution is -0.161. The second-order valence-corrected chi connectivity index (χ2v) is 2.99. The molecular weight excluding hydrogens is 170 g/mol. The van der Waals surface area contributed by atoms with Gasteiger partial charge in [-0.1, -0.05) is 19.8 Å². The standard InChI is InChI=1S/C9H17NO3/c1-3-4-5-8(6-10)9(12)13-7(2)11/h8H,3-6,10H2,1-2H3. The highest BCUT2D eigenvalue weighted by Crippen LogP contribution is 2.08. The minimum absolute atomic E-state index is 0.242. The van der Waals surface area contributed by atoms with E-state index in [0.29, 0.717) is 6.42 Å². The third kappa shape index (κ3) is 5.36. The van der Waals surface area contributed by atoms with Gasteiger partial charge < -0.3 is 10.5 Å². The van der Waals surface area contributed by atoms with Gasteiger partial charge >= 0.3 is 11.9 Å². The van der Waals surface area contributed by atoms with Gasteiger partial charge in [0.2, 0.25) is 0 Å². The fraction of sp³-hybridized carbons (Fsp3) is 0.778. The van der Waals surface area contributed by atoms with Crippen LogP contribution in [0.15, 0.2) is 0 Å². The van der Waals surface area contributed by atoms with E-state index < -0.39 is 11.9 Å². The predicted octanol–water partition coefficient (Wildman–Crippen LogP) is 0.841. The van der Waals surface area contributed by atoms with E-state index in [4.69, 9.17) is 5.73 Å². The number of hydrogen-bond acceptors (Lipinski definition) is 4. The van der Waals surface area contributed by atoms with Gasteiger partial charge in [0.15, 0.2) is 0 Å². The third-order valence-electron chi connectivity index (χ3n) is 1.77. The van der Waals surface area contributed by atoms with E-state index in [2.05, 4.69) is 4.74 Å². The number of hydrogen-bond donors (Lipinski definition) is 1. The van der Waals surface area contributed by atoms with Gasteiger partial charge in [0.05, 0.1) is 5.92 Å². The summed E-state index contributed by atoms with van der Waals surface area (Å²) in [6.45, 7) is 3.49. The molecule has 0 amide bonds. The first kappa shape index (κ1) is 12.1. The van der Waals surface area contributed by atoms with Crippen molar-refractivity contribution in [2.75, 3.05) is 6.54 Å². The molecular formula is C9H17NO3. The lowest BCUT2D eigenvalue weighted by Crippen LogP contribution is -2.26. The predicted molar refractivity (Wildman–Crippen MR) is 48.8 cm³/mol. The molecule has 0 aromatic carbocycles. The second kappa shape index (κ2) is 6.60. The molecule has 0 spiro atoms. The van der Waals surface area contributed by atoms with Crippen molar-refractivity contribution in [1.82, 2.24) is 0 Å². The summed E-state index contributed by atoms with van der Waals surface area (Å²) in [6.07, 6.45) is 2.62. The topological polar surface area (TPSA) is 69.4 Å². The Morgan fingerprint density at radius 1 is 1.46 bits per heavy atom. The Morgan fingerprint density at radius 2 is 2.08 bits per heavy atom. The summed E-state index contributed by atoms with van der Waals surface area (Å²) < 4.78 is 4.44. The summed E-state index contributed by atoms with van der Waals surface area (Å²) in [5.74, 6) is -1.40. The average Bonchev–Trinajstić information content (AvgIpc) is 2.04. The molecule has 2 N–H and O–H groups in total. The van der Waals surface area contributed by atoms with Crippen LogP contribution in [0.4, 0.5) is 0 Å². The molecule has 0 saturated heterocycles. The van der Waals surface area contributed by atoms with E-state index in [1.54, 1.807) is 0 Å². The first-order valence-electron chi connectivity index (χ1n) is 4.54. The van der Waals surface area contributed by atoms with Crippen molar-refractivity contribution in [3.63, 3.8) is 0 Å². The van der Waals surface area contributed by atoms with Crippen LogP contribution in [0, 0.1) is 5.92 Å². The quantitative estimate of drug-likeness (QED) is 0.511. The Hall–Kier alpha value is -0.900. The Labute approximate surface area is 78.4 Å². The average molecular weight is 187 g/mol. The fourth-order valence-electron chi connectivity index (χ4n) is 1.01. The summed E-state index contributed by atoms with van der Waals surface area (Å²) >= 11 is 0. The van der Waals surface area contributed by atoms with E-state index in [1.165, 1.54) is 6.92 Å². The minimum Gasteiger partial charge on any atom is -0.393 e. The number of nitrogens with two attached hydrogens (primary N) is 1. The van der Waals surface area contributed by atoms with Crippen molar-refractivity contribution >= 4 is 11.9 Å². The fourth-order valence-corrected chi connectivity index (χ4v) is 1.01. The van der Waals surface area contributed by atoms with Gasteiger partial charge in [-0.2, -0.15) is 0 Å². The van der Waals surface area contributed by atoms with Crippen LogP contribution in [0.25, 0.3) is 0 Å². The number of carbonyl (C=O) groups is 2. The zero-order valence-electron chi connectivity index (χ0n) is 8.21. The van der Waals surface area contributed by atoms with Crippen LogP contribution in [0.2, 0.25) is 0 Å². The van der Waals surface area contributed by atoms with Crippen LogP contribution in [0.1, 0.15) is 33.1 Å². The van der Waals surface area contributed by atoms with Crippen LogP contribution < -0.4 is 5.73 Å². The summed E-state index contributed by atoms with van der Waals surface area (Å²) in [4.78, 5) is 21.6. The van der Waals surface area contributed by atoms with Gasteiger partial charge in [-0.25, -0.2) is 0 Å². The Bertz CT molecular complexity index is 180. The van der Waals surface area contributed by atoms with E-state index in [-0.39, 0.29) is 12.5 Å². The van der Waals surface area contributed by atoms with Crippen LogP contribution >= 0.6 is 0 Å². The lowest BCUT2D eigenvalue weighted by Gasteiger charge is -2.10. The Morgan fingerprint density at radius 3 is 2.46 bits per heavy atom. The smallest absolute Gasteiger partial charge is 0.317 e. The molecule has 0 aromatic rings. The highest BCUT2D eigenvalue weighted by atomic mass is 16.6. The van der Waals surface area contributed by atoms with Crippen molar-refractivity contribution in [2.24, 2.45) is 11.7 Å². The van der Waals surface area contributed by atoms with Gasteiger partial charge in [0.25, 0.3) is 0 Å². The molecule has 0 aliphatic carbocycles. The normalized spacial score (nSPS) is 12.2. The molecule has 0 bridgehead atoms. The van der Waals surface area contributed by atoms with Crippen molar-refractivity contribution in [2.45, 2.75) is 33.1 Å². The molecule has 0 fully saturated rings. The number of carbonyl (C=O) groups excluding carboxylic acids is 2. The van der Waals surface area contributed by atoms with Crippen molar-refractivity contribution in [1.29, 1.82) is 0 Å². The lowest BCUT2D eigenvalue weighted by atomic mass is 10.0. The molecule has 0 radical (unpaired) electrons. The van der Waals surface area contributed by atoms with E-state index in [1.807, 2.05) is 6.92 Å². The zero-order chi connectivity index (χ0) is 10.3. The Kier molecular flexibility index (Phi) is 6.14. The largest absolute Gasteiger partial charge is 0.393 e. The molecule has 1 atom stereocenters. The summed E-state index contributed by atoms with van der Waals surface area (Å²) in [6, 6.07) is 0. The number of rotatable bonds is 5. The molecule has 0 heterocycles. The Balaban J connectivity index is 3.91. The summed E-state index contributed by atoms with van der Waals surface area (Å²) in [7, 11) is 0. The maximum Gasteiger partial charge on any atom is 0.317 e. The van der Waals surface area contributed by atoms with E-state index >= 15 is 0 Å². The minimum atomic E-state index is -0.569. The zero-order valence-corrected chi connectivity index (χ0v) is 8.21. The third-order valence-corrected chi connectivity index (χ3v) is 1.77. The van der Waals surface area contributed by atoms with E-state index in [9.17, 15) is 9.59 Å². The number of esters is 2. The van der Waals surface area contributed by atoms with Crippen molar-refractivity contribution in [3.8, 4) is 0 Å². The molecule has 76 valence electrons. The summed E-state index contributed by atoms with van der Waals surface area (Å²) in [5, 5.41) is 0. The monoisotopic (exact) mass is 187 g/mol. The highest BCUT2D eigenvalue weighted by molar-refractivity contribution is 5.85. The van der Waals surface area contributed by atoms with Gasteiger partial charge in [0, 0.05) is 13.5 Å². The SMILES string of the molecule is CCCCC(CN)C(=O)OC(C)=O. The highest BCUT2D eigenvalue weighted by Gasteiger charge is 2.18. The summed E-state index contributed by atoms with van der Waals surface area (Å²) in [5.41, 5.74) is 5.38. The molecule has 13 heavy (non-hydrogen) atoms. The first-order valence-corrected chi connectivity index (χ1v) is 4.54.